The molecule has 2 aromatic carbocycles. The molecule has 0 saturated carbocycles. The maximum Gasteiger partial charge on any atom is 0.496 e. The van der Waals surface area contributed by atoms with Gasteiger partial charge in [0.2, 0.25) is 0 Å². The van der Waals surface area contributed by atoms with Gasteiger partial charge in [-0.3, -0.25) is 4.98 Å². The van der Waals surface area contributed by atoms with Gasteiger partial charge < -0.3 is 24.1 Å². The van der Waals surface area contributed by atoms with Gasteiger partial charge in [-0.25, -0.2) is 4.79 Å². The van der Waals surface area contributed by atoms with E-state index in [2.05, 4.69) is 41.4 Å². The van der Waals surface area contributed by atoms with E-state index in [1.807, 2.05) is 50.8 Å². The highest BCUT2D eigenvalue weighted by Gasteiger charge is 2.53. The van der Waals surface area contributed by atoms with Crippen LogP contribution in [0.2, 0.25) is 0 Å². The molecule has 7 rings (SSSR count). The Morgan fingerprint density at radius 1 is 0.951 bits per heavy atom. The molecule has 41 heavy (non-hydrogen) atoms. The molecule has 2 bridgehead atoms. The lowest BCUT2D eigenvalue weighted by molar-refractivity contribution is -0.0532. The Morgan fingerprint density at radius 2 is 1.51 bits per heavy atom. The molecule has 1 aromatic heterocycles. The number of amides is 1. The molecule has 1 N–H and O–H groups in total. The molecule has 3 aliphatic heterocycles. The average Bonchev–Trinajstić information content (AvgIpc) is 3.51. The lowest BCUT2D eigenvalue weighted by atomic mass is 9.75. The molecule has 0 spiro atoms. The molecule has 4 aliphatic rings. The van der Waals surface area contributed by atoms with Crippen LogP contribution in [0.3, 0.4) is 0 Å². The summed E-state index contributed by atoms with van der Waals surface area (Å²) in [6.45, 7) is 8.39. The van der Waals surface area contributed by atoms with Gasteiger partial charge >= 0.3 is 13.2 Å². The number of pyridine rings is 1. The molecule has 8 heteroatoms. The van der Waals surface area contributed by atoms with Crippen molar-refractivity contribution < 1.29 is 23.9 Å². The summed E-state index contributed by atoms with van der Waals surface area (Å²) in [6, 6.07) is 18.5. The standard InChI is InChI=1S/C33H37BN2O5/c1-31(2)32(3,4)41-34(40-31)22-15-21(18-35-19-22)33(38)16-23-13-14-24(17-33)36(23)30(37)39-20-29-27-11-7-5-9-25(27)26-10-6-8-12-28(26)29/h5-12,15,18-19,23-24,29,38H,13-14,16-17,20H2,1-4H3. The first-order chi connectivity index (χ1) is 19.6. The monoisotopic (exact) mass is 552 g/mol. The number of nitrogens with zero attached hydrogens (tertiary/aromatic N) is 2. The Hall–Kier alpha value is -3.20. The van der Waals surface area contributed by atoms with Crippen LogP contribution < -0.4 is 5.46 Å². The Balaban J connectivity index is 1.06. The third kappa shape index (κ3) is 4.30. The maximum atomic E-state index is 13.5. The number of rotatable bonds is 4. The van der Waals surface area contributed by atoms with E-state index < -0.39 is 23.9 Å². The van der Waals surface area contributed by atoms with Gasteiger partial charge in [0.1, 0.15) is 6.61 Å². The lowest BCUT2D eigenvalue weighted by Gasteiger charge is -2.43. The van der Waals surface area contributed by atoms with Crippen LogP contribution in [0.4, 0.5) is 4.79 Å². The number of benzene rings is 2. The first kappa shape index (κ1) is 26.7. The van der Waals surface area contributed by atoms with E-state index >= 15 is 0 Å². The second-order valence-electron chi connectivity index (χ2n) is 13.1. The number of hydrogen-bond acceptors (Lipinski definition) is 6. The van der Waals surface area contributed by atoms with Gasteiger partial charge in [-0.1, -0.05) is 54.6 Å². The van der Waals surface area contributed by atoms with Gasteiger partial charge in [0.15, 0.2) is 0 Å². The normalized spacial score (nSPS) is 27.5. The molecule has 2 unspecified atom stereocenters. The Morgan fingerprint density at radius 3 is 2.10 bits per heavy atom. The molecular weight excluding hydrogens is 515 g/mol. The van der Waals surface area contributed by atoms with Gasteiger partial charge in [-0.05, 0) is 62.8 Å². The third-order valence-electron chi connectivity index (χ3n) is 10.1. The highest BCUT2D eigenvalue weighted by Crippen LogP contribution is 2.47. The summed E-state index contributed by atoms with van der Waals surface area (Å²) < 4.78 is 18.5. The van der Waals surface area contributed by atoms with E-state index in [9.17, 15) is 9.90 Å². The number of ether oxygens (including phenoxy) is 1. The fraction of sp³-hybridized carbons (Fsp3) is 0.455. The van der Waals surface area contributed by atoms with Crippen molar-refractivity contribution in [3.8, 4) is 11.1 Å². The quantitative estimate of drug-likeness (QED) is 0.452. The maximum absolute atomic E-state index is 13.5. The van der Waals surface area contributed by atoms with Crippen molar-refractivity contribution >= 4 is 18.7 Å². The molecule has 1 amide bonds. The second-order valence-corrected chi connectivity index (χ2v) is 13.1. The fourth-order valence-electron chi connectivity index (χ4n) is 7.25. The predicted molar refractivity (Wildman–Crippen MR) is 157 cm³/mol. The van der Waals surface area contributed by atoms with Crippen LogP contribution in [-0.4, -0.2) is 58.1 Å². The zero-order valence-corrected chi connectivity index (χ0v) is 24.2. The lowest BCUT2D eigenvalue weighted by Crippen LogP contribution is -2.52. The van der Waals surface area contributed by atoms with Crippen molar-refractivity contribution in [1.82, 2.24) is 9.88 Å². The molecule has 3 saturated heterocycles. The first-order valence-electron chi connectivity index (χ1n) is 14.7. The van der Waals surface area contributed by atoms with Crippen LogP contribution in [0.1, 0.15) is 76.0 Å². The van der Waals surface area contributed by atoms with Crippen LogP contribution in [0.25, 0.3) is 11.1 Å². The van der Waals surface area contributed by atoms with Crippen LogP contribution >= 0.6 is 0 Å². The van der Waals surface area contributed by atoms with E-state index in [0.717, 1.165) is 23.9 Å². The van der Waals surface area contributed by atoms with Crippen LogP contribution in [0.5, 0.6) is 0 Å². The van der Waals surface area contributed by atoms with Crippen molar-refractivity contribution in [1.29, 1.82) is 0 Å². The second kappa shape index (κ2) is 9.41. The summed E-state index contributed by atoms with van der Waals surface area (Å²) in [6.07, 6.45) is 5.78. The average molecular weight is 552 g/mol. The van der Waals surface area contributed by atoms with Gasteiger partial charge in [0.05, 0.1) is 16.8 Å². The van der Waals surface area contributed by atoms with E-state index in [4.69, 9.17) is 14.0 Å². The Bertz CT molecular complexity index is 1430. The van der Waals surface area contributed by atoms with Crippen molar-refractivity contribution in [2.45, 2.75) is 88.2 Å². The molecule has 212 valence electrons. The molecule has 2 atom stereocenters. The number of hydrogen-bond donors (Lipinski definition) is 1. The molecule has 4 heterocycles. The van der Waals surface area contributed by atoms with E-state index in [1.54, 1.807) is 12.4 Å². The SMILES string of the molecule is CC1(C)OB(c2cncc(C3(O)CC4CCC(C3)N4C(=O)OCC3c4ccccc4-c4ccccc43)c2)OC1(C)C. The zero-order valence-electron chi connectivity index (χ0n) is 24.2. The summed E-state index contributed by atoms with van der Waals surface area (Å²) in [5, 5.41) is 11.9. The molecular formula is C33H37BN2O5. The van der Waals surface area contributed by atoms with Crippen molar-refractivity contribution in [3.63, 3.8) is 0 Å². The van der Waals surface area contributed by atoms with E-state index in [-0.39, 0.29) is 24.1 Å². The summed E-state index contributed by atoms with van der Waals surface area (Å²) in [4.78, 5) is 19.9. The number of fused-ring (bicyclic) bond motifs is 5. The Labute approximate surface area is 242 Å². The smallest absolute Gasteiger partial charge is 0.448 e. The molecule has 1 aliphatic carbocycles. The first-order valence-corrected chi connectivity index (χ1v) is 14.7. The van der Waals surface area contributed by atoms with Gasteiger partial charge in [0.25, 0.3) is 0 Å². The van der Waals surface area contributed by atoms with Crippen LogP contribution in [-0.2, 0) is 19.6 Å². The minimum absolute atomic E-state index is 0.0227. The predicted octanol–water partition coefficient (Wildman–Crippen LogP) is 5.14. The minimum atomic E-state index is -1.08. The number of piperidine rings is 1. The van der Waals surface area contributed by atoms with Gasteiger partial charge in [-0.15, -0.1) is 0 Å². The highest BCUT2D eigenvalue weighted by atomic mass is 16.7. The zero-order chi connectivity index (χ0) is 28.6. The molecule has 0 radical (unpaired) electrons. The number of carbonyl (C=O) groups is 1. The molecule has 3 aromatic rings. The van der Waals surface area contributed by atoms with E-state index in [0.29, 0.717) is 19.4 Å². The number of aliphatic hydroxyl groups is 1. The number of aromatic nitrogens is 1. The summed E-state index contributed by atoms with van der Waals surface area (Å²) in [5.41, 5.74) is 4.36. The molecule has 3 fully saturated rings. The van der Waals surface area contributed by atoms with Crippen LogP contribution in [0, 0.1) is 0 Å². The van der Waals surface area contributed by atoms with Crippen molar-refractivity contribution in [2.24, 2.45) is 0 Å². The number of carbonyl (C=O) groups excluding carboxylic acids is 1. The van der Waals surface area contributed by atoms with Crippen molar-refractivity contribution in [3.05, 3.63) is 83.7 Å². The van der Waals surface area contributed by atoms with Crippen molar-refractivity contribution in [2.75, 3.05) is 6.61 Å². The summed E-state index contributed by atoms with van der Waals surface area (Å²) >= 11 is 0. The largest absolute Gasteiger partial charge is 0.496 e. The third-order valence-corrected chi connectivity index (χ3v) is 10.1. The Kier molecular flexibility index (Phi) is 6.13. The van der Waals surface area contributed by atoms with Gasteiger partial charge in [-0.2, -0.15) is 0 Å². The van der Waals surface area contributed by atoms with Crippen LogP contribution in [0.15, 0.2) is 67.0 Å². The highest BCUT2D eigenvalue weighted by molar-refractivity contribution is 6.62. The van der Waals surface area contributed by atoms with Gasteiger partial charge in [0, 0.05) is 54.3 Å². The topological polar surface area (TPSA) is 81.1 Å². The molecule has 7 nitrogen and oxygen atoms in total. The fourth-order valence-corrected chi connectivity index (χ4v) is 7.25. The minimum Gasteiger partial charge on any atom is -0.448 e. The summed E-state index contributed by atoms with van der Waals surface area (Å²) in [7, 11) is -0.548. The summed E-state index contributed by atoms with van der Waals surface area (Å²) in [5.74, 6) is 0.0227. The van der Waals surface area contributed by atoms with E-state index in [1.165, 1.54) is 22.3 Å².